The zero-order chi connectivity index (χ0) is 18.4. The standard InChI is InChI=1S/C19H28BNO4/c1-13-11-21(12-13)17(22)10-14-9-15(7-8-16(14)23-6)20-24-18(2,3)19(4,5)25-20/h7-9,13H,10-12H2,1-6H3. The Kier molecular flexibility index (Phi) is 4.62. The van der Waals surface area contributed by atoms with E-state index in [2.05, 4.69) is 6.92 Å². The van der Waals surface area contributed by atoms with Crippen molar-refractivity contribution in [2.24, 2.45) is 5.92 Å². The van der Waals surface area contributed by atoms with Gasteiger partial charge in [0, 0.05) is 18.7 Å². The van der Waals surface area contributed by atoms with Gasteiger partial charge in [-0.25, -0.2) is 0 Å². The molecule has 5 nitrogen and oxygen atoms in total. The normalized spacial score (nSPS) is 22.0. The minimum absolute atomic E-state index is 0.141. The van der Waals surface area contributed by atoms with E-state index in [9.17, 15) is 4.79 Å². The average molecular weight is 345 g/mol. The molecule has 136 valence electrons. The first-order valence-electron chi connectivity index (χ1n) is 8.93. The number of likely N-dealkylation sites (tertiary alicyclic amines) is 1. The Morgan fingerprint density at radius 1 is 1.24 bits per heavy atom. The third-order valence-corrected chi connectivity index (χ3v) is 5.59. The molecule has 6 heteroatoms. The lowest BCUT2D eigenvalue weighted by molar-refractivity contribution is -0.136. The van der Waals surface area contributed by atoms with Gasteiger partial charge in [-0.2, -0.15) is 0 Å². The van der Waals surface area contributed by atoms with E-state index >= 15 is 0 Å². The van der Waals surface area contributed by atoms with Gasteiger partial charge in [0.2, 0.25) is 5.91 Å². The van der Waals surface area contributed by atoms with Crippen molar-refractivity contribution in [3.05, 3.63) is 23.8 Å². The lowest BCUT2D eigenvalue weighted by Crippen LogP contribution is -2.49. The number of amides is 1. The lowest BCUT2D eigenvalue weighted by Gasteiger charge is -2.37. The fourth-order valence-electron chi connectivity index (χ4n) is 3.24. The topological polar surface area (TPSA) is 48.0 Å². The van der Waals surface area contributed by atoms with E-state index in [1.807, 2.05) is 50.8 Å². The summed E-state index contributed by atoms with van der Waals surface area (Å²) in [6.45, 7) is 12.0. The van der Waals surface area contributed by atoms with Gasteiger partial charge in [0.1, 0.15) is 5.75 Å². The molecule has 0 bridgehead atoms. The average Bonchev–Trinajstić information content (AvgIpc) is 2.72. The number of ether oxygens (including phenoxy) is 1. The van der Waals surface area contributed by atoms with E-state index in [-0.39, 0.29) is 17.1 Å². The summed E-state index contributed by atoms with van der Waals surface area (Å²) in [6.07, 6.45) is 0.337. The van der Waals surface area contributed by atoms with Crippen LogP contribution in [0.2, 0.25) is 0 Å². The van der Waals surface area contributed by atoms with Gasteiger partial charge < -0.3 is 18.9 Å². The van der Waals surface area contributed by atoms with Crippen LogP contribution in [0, 0.1) is 5.92 Å². The molecular formula is C19H28BNO4. The lowest BCUT2D eigenvalue weighted by atomic mass is 9.78. The van der Waals surface area contributed by atoms with E-state index < -0.39 is 7.12 Å². The van der Waals surface area contributed by atoms with E-state index in [1.165, 1.54) is 0 Å². The molecule has 3 rings (SSSR count). The number of hydrogen-bond donors (Lipinski definition) is 0. The Hall–Kier alpha value is -1.53. The smallest absolute Gasteiger partial charge is 0.494 e. The summed E-state index contributed by atoms with van der Waals surface area (Å²) in [5.74, 6) is 1.46. The summed E-state index contributed by atoms with van der Waals surface area (Å²) in [4.78, 5) is 14.3. The summed E-state index contributed by atoms with van der Waals surface area (Å²) in [7, 11) is 1.19. The van der Waals surface area contributed by atoms with Crippen LogP contribution >= 0.6 is 0 Å². The van der Waals surface area contributed by atoms with Crippen molar-refractivity contribution in [1.29, 1.82) is 0 Å². The van der Waals surface area contributed by atoms with Crippen molar-refractivity contribution in [2.75, 3.05) is 20.2 Å². The molecule has 2 aliphatic heterocycles. The quantitative estimate of drug-likeness (QED) is 0.784. The molecule has 0 aromatic heterocycles. The maximum atomic E-state index is 12.5. The van der Waals surface area contributed by atoms with Crippen molar-refractivity contribution in [2.45, 2.75) is 52.2 Å². The Labute approximate surface area is 150 Å². The maximum absolute atomic E-state index is 12.5. The molecule has 0 unspecified atom stereocenters. The van der Waals surface area contributed by atoms with Crippen LogP contribution in [0.5, 0.6) is 5.75 Å². The van der Waals surface area contributed by atoms with Gasteiger partial charge in [0.05, 0.1) is 24.7 Å². The number of methoxy groups -OCH3 is 1. The molecule has 2 aliphatic rings. The summed E-state index contributed by atoms with van der Waals surface area (Å²) in [6, 6.07) is 5.81. The zero-order valence-electron chi connectivity index (χ0n) is 16.1. The predicted octanol–water partition coefficient (Wildman–Crippen LogP) is 2.02. The minimum atomic E-state index is -0.436. The van der Waals surface area contributed by atoms with Crippen LogP contribution in [-0.4, -0.2) is 49.3 Å². The molecule has 0 atom stereocenters. The molecule has 0 spiro atoms. The van der Waals surface area contributed by atoms with Gasteiger partial charge in [-0.3, -0.25) is 4.79 Å². The SMILES string of the molecule is COc1ccc(B2OC(C)(C)C(C)(C)O2)cc1CC(=O)N1CC(C)C1. The first-order chi connectivity index (χ1) is 11.6. The van der Waals surface area contributed by atoms with Gasteiger partial charge in [0.25, 0.3) is 0 Å². The monoisotopic (exact) mass is 345 g/mol. The van der Waals surface area contributed by atoms with Crippen molar-refractivity contribution < 1.29 is 18.8 Å². The molecule has 1 aromatic rings. The fraction of sp³-hybridized carbons (Fsp3) is 0.632. The second-order valence-corrected chi connectivity index (χ2v) is 8.24. The molecular weight excluding hydrogens is 317 g/mol. The Morgan fingerprint density at radius 2 is 1.84 bits per heavy atom. The second-order valence-electron chi connectivity index (χ2n) is 8.24. The van der Waals surface area contributed by atoms with Crippen molar-refractivity contribution in [3.63, 3.8) is 0 Å². The highest BCUT2D eigenvalue weighted by atomic mass is 16.7. The predicted molar refractivity (Wildman–Crippen MR) is 98.2 cm³/mol. The molecule has 1 amide bonds. The molecule has 0 radical (unpaired) electrons. The van der Waals surface area contributed by atoms with Crippen LogP contribution < -0.4 is 10.2 Å². The molecule has 0 N–H and O–H groups in total. The van der Waals surface area contributed by atoms with Gasteiger partial charge in [-0.1, -0.05) is 19.1 Å². The third-order valence-electron chi connectivity index (χ3n) is 5.59. The number of benzene rings is 1. The minimum Gasteiger partial charge on any atom is -0.496 e. The highest BCUT2D eigenvalue weighted by Crippen LogP contribution is 2.36. The number of nitrogens with zero attached hydrogens (tertiary/aromatic N) is 1. The van der Waals surface area contributed by atoms with Gasteiger partial charge in [-0.05, 0) is 45.1 Å². The molecule has 2 heterocycles. The molecule has 1 aromatic carbocycles. The van der Waals surface area contributed by atoms with Crippen LogP contribution in [-0.2, 0) is 20.5 Å². The molecule has 0 saturated carbocycles. The molecule has 2 saturated heterocycles. The summed E-state index contributed by atoms with van der Waals surface area (Å²) < 4.78 is 17.7. The van der Waals surface area contributed by atoms with Gasteiger partial charge in [-0.15, -0.1) is 0 Å². The first-order valence-corrected chi connectivity index (χ1v) is 8.93. The highest BCUT2D eigenvalue weighted by Gasteiger charge is 2.51. The van der Waals surface area contributed by atoms with Crippen molar-refractivity contribution in [3.8, 4) is 5.75 Å². The van der Waals surface area contributed by atoms with Crippen molar-refractivity contribution >= 4 is 18.5 Å². The largest absolute Gasteiger partial charge is 0.496 e. The van der Waals surface area contributed by atoms with E-state index in [4.69, 9.17) is 14.0 Å². The van der Waals surface area contributed by atoms with Crippen LogP contribution in [0.15, 0.2) is 18.2 Å². The maximum Gasteiger partial charge on any atom is 0.494 e. The molecule has 25 heavy (non-hydrogen) atoms. The molecule has 0 aliphatic carbocycles. The van der Waals surface area contributed by atoms with Gasteiger partial charge in [0.15, 0.2) is 0 Å². The number of rotatable bonds is 4. The third kappa shape index (κ3) is 3.42. The summed E-state index contributed by atoms with van der Waals surface area (Å²) >= 11 is 0. The Balaban J connectivity index is 1.80. The Morgan fingerprint density at radius 3 is 2.36 bits per heavy atom. The number of carbonyl (C=O) groups is 1. The zero-order valence-corrected chi connectivity index (χ0v) is 16.1. The van der Waals surface area contributed by atoms with Crippen LogP contribution in [0.3, 0.4) is 0 Å². The summed E-state index contributed by atoms with van der Waals surface area (Å²) in [5.41, 5.74) is 1.02. The number of carbonyl (C=O) groups excluding carboxylic acids is 1. The van der Waals surface area contributed by atoms with E-state index in [1.54, 1.807) is 7.11 Å². The van der Waals surface area contributed by atoms with Crippen LogP contribution in [0.1, 0.15) is 40.2 Å². The van der Waals surface area contributed by atoms with Crippen LogP contribution in [0.4, 0.5) is 0 Å². The van der Waals surface area contributed by atoms with E-state index in [0.717, 1.165) is 29.9 Å². The Bertz CT molecular complexity index is 651. The second kappa shape index (κ2) is 6.33. The number of hydrogen-bond acceptors (Lipinski definition) is 4. The van der Waals surface area contributed by atoms with Crippen LogP contribution in [0.25, 0.3) is 0 Å². The fourth-order valence-corrected chi connectivity index (χ4v) is 3.24. The first kappa shape index (κ1) is 18.3. The summed E-state index contributed by atoms with van der Waals surface area (Å²) in [5, 5.41) is 0. The molecule has 2 fully saturated rings. The highest BCUT2D eigenvalue weighted by molar-refractivity contribution is 6.62. The van der Waals surface area contributed by atoms with Crippen molar-refractivity contribution in [1.82, 2.24) is 4.90 Å². The van der Waals surface area contributed by atoms with E-state index in [0.29, 0.717) is 12.3 Å². The van der Waals surface area contributed by atoms with Gasteiger partial charge >= 0.3 is 7.12 Å².